The number of methoxy groups -OCH3 is 1. The molecule has 1 aromatic heterocycles. The minimum absolute atomic E-state index is 0.331. The average Bonchev–Trinajstić information content (AvgIpc) is 3.55. The smallest absolute Gasteiger partial charge is 0.227 e. The van der Waals surface area contributed by atoms with Gasteiger partial charge in [0, 0.05) is 26.2 Å². The van der Waals surface area contributed by atoms with Crippen molar-refractivity contribution in [2.75, 3.05) is 20.3 Å². The molecule has 0 amide bonds. The fraction of sp³-hybridized carbons (Fsp3) is 0.400. The molecule has 31 heavy (non-hydrogen) atoms. The first-order chi connectivity index (χ1) is 15.0. The van der Waals surface area contributed by atoms with Gasteiger partial charge in [0.05, 0.1) is 29.7 Å². The Morgan fingerprint density at radius 3 is 2.58 bits per heavy atom. The van der Waals surface area contributed by atoms with Gasteiger partial charge in [-0.15, -0.1) is 0 Å². The van der Waals surface area contributed by atoms with Gasteiger partial charge in [-0.25, -0.2) is 4.68 Å². The van der Waals surface area contributed by atoms with Gasteiger partial charge in [0.15, 0.2) is 0 Å². The van der Waals surface area contributed by atoms with Crippen LogP contribution in [0.2, 0.25) is 0 Å². The standard InChI is InChI=1S/C25H31N3O3/c1-18-8-7-11-23(14-18)31-25-24(16-27(20-12-13-20)15-22(29)17-30-3)19(2)26-28(25)21-9-5-4-6-10-21/h4-11,14,20,22,29H,12-13,15-17H2,1-3H3/t22-/m1/s1. The molecule has 2 aromatic carbocycles. The largest absolute Gasteiger partial charge is 0.439 e. The minimum Gasteiger partial charge on any atom is -0.439 e. The van der Waals surface area contributed by atoms with Crippen LogP contribution < -0.4 is 4.74 Å². The Morgan fingerprint density at radius 2 is 1.90 bits per heavy atom. The van der Waals surface area contributed by atoms with E-state index in [1.165, 1.54) is 0 Å². The summed E-state index contributed by atoms with van der Waals surface area (Å²) in [5, 5.41) is 15.2. The number of aliphatic hydroxyl groups is 1. The molecule has 0 saturated heterocycles. The van der Waals surface area contributed by atoms with E-state index in [1.807, 2.05) is 60.1 Å². The molecule has 0 unspecified atom stereocenters. The van der Waals surface area contributed by atoms with Gasteiger partial charge in [-0.3, -0.25) is 4.90 Å². The van der Waals surface area contributed by atoms with Crippen LogP contribution in [0.4, 0.5) is 0 Å². The molecule has 0 radical (unpaired) electrons. The van der Waals surface area contributed by atoms with Crippen molar-refractivity contribution in [3.05, 3.63) is 71.4 Å². The predicted octanol–water partition coefficient (Wildman–Crippen LogP) is 4.25. The molecular formula is C25H31N3O3. The summed E-state index contributed by atoms with van der Waals surface area (Å²) in [5.41, 5.74) is 4.07. The summed E-state index contributed by atoms with van der Waals surface area (Å²) >= 11 is 0. The highest BCUT2D eigenvalue weighted by Crippen LogP contribution is 2.35. The molecule has 1 aliphatic rings. The third-order valence-corrected chi connectivity index (χ3v) is 5.57. The molecule has 0 spiro atoms. The summed E-state index contributed by atoms with van der Waals surface area (Å²) in [5.74, 6) is 1.51. The maximum atomic E-state index is 10.3. The number of para-hydroxylation sites is 1. The maximum absolute atomic E-state index is 10.3. The Labute approximate surface area is 184 Å². The quantitative estimate of drug-likeness (QED) is 0.530. The summed E-state index contributed by atoms with van der Waals surface area (Å²) < 4.78 is 13.5. The second-order valence-electron chi connectivity index (χ2n) is 8.30. The Kier molecular flexibility index (Phi) is 6.70. The van der Waals surface area contributed by atoms with E-state index in [0.29, 0.717) is 25.7 Å². The van der Waals surface area contributed by atoms with E-state index in [0.717, 1.165) is 47.0 Å². The van der Waals surface area contributed by atoms with Crippen LogP contribution in [0.3, 0.4) is 0 Å². The van der Waals surface area contributed by atoms with Gasteiger partial charge < -0.3 is 14.6 Å². The molecule has 164 valence electrons. The minimum atomic E-state index is -0.517. The lowest BCUT2D eigenvalue weighted by molar-refractivity contribution is 0.0335. The van der Waals surface area contributed by atoms with Crippen molar-refractivity contribution in [2.45, 2.75) is 45.4 Å². The number of rotatable bonds is 10. The van der Waals surface area contributed by atoms with Gasteiger partial charge in [0.2, 0.25) is 5.88 Å². The summed E-state index contributed by atoms with van der Waals surface area (Å²) in [6.45, 7) is 5.65. The number of aliphatic hydroxyl groups excluding tert-OH is 1. The van der Waals surface area contributed by atoms with Crippen LogP contribution in [0.1, 0.15) is 29.7 Å². The number of nitrogens with zero attached hydrogens (tertiary/aromatic N) is 3. The predicted molar refractivity (Wildman–Crippen MR) is 121 cm³/mol. The summed E-state index contributed by atoms with van der Waals surface area (Å²) in [6.07, 6.45) is 1.79. The SMILES string of the molecule is COC[C@H](O)CN(Cc1c(C)nn(-c2ccccc2)c1Oc1cccc(C)c1)C1CC1. The lowest BCUT2D eigenvalue weighted by Gasteiger charge is -2.25. The first-order valence-electron chi connectivity index (χ1n) is 10.8. The van der Waals surface area contributed by atoms with Crippen molar-refractivity contribution >= 4 is 0 Å². The van der Waals surface area contributed by atoms with Crippen molar-refractivity contribution in [3.8, 4) is 17.3 Å². The van der Waals surface area contributed by atoms with E-state index < -0.39 is 6.10 Å². The fourth-order valence-electron chi connectivity index (χ4n) is 3.86. The van der Waals surface area contributed by atoms with Gasteiger partial charge >= 0.3 is 0 Å². The fourth-order valence-corrected chi connectivity index (χ4v) is 3.86. The molecule has 1 fully saturated rings. The van der Waals surface area contributed by atoms with Crippen molar-refractivity contribution in [1.29, 1.82) is 0 Å². The first-order valence-corrected chi connectivity index (χ1v) is 10.8. The molecule has 0 bridgehead atoms. The molecule has 6 nitrogen and oxygen atoms in total. The lowest BCUT2D eigenvalue weighted by Crippen LogP contribution is -2.36. The number of aryl methyl sites for hydroxylation is 2. The Hall–Kier alpha value is -2.67. The van der Waals surface area contributed by atoms with Gasteiger partial charge in [-0.1, -0.05) is 30.3 Å². The van der Waals surface area contributed by atoms with Crippen LogP contribution in [-0.4, -0.2) is 52.2 Å². The highest BCUT2D eigenvalue weighted by atomic mass is 16.5. The van der Waals surface area contributed by atoms with Gasteiger partial charge in [-0.2, -0.15) is 5.10 Å². The number of hydrogen-bond acceptors (Lipinski definition) is 5. The molecule has 3 aromatic rings. The van der Waals surface area contributed by atoms with Crippen molar-refractivity contribution in [2.24, 2.45) is 0 Å². The molecular weight excluding hydrogens is 390 g/mol. The van der Waals surface area contributed by atoms with Crippen LogP contribution in [0.25, 0.3) is 5.69 Å². The van der Waals surface area contributed by atoms with Crippen molar-refractivity contribution < 1.29 is 14.6 Å². The molecule has 1 aliphatic carbocycles. The van der Waals surface area contributed by atoms with Crippen molar-refractivity contribution in [3.63, 3.8) is 0 Å². The number of aromatic nitrogens is 2. The van der Waals surface area contributed by atoms with Crippen LogP contribution in [0, 0.1) is 13.8 Å². The lowest BCUT2D eigenvalue weighted by atomic mass is 10.2. The highest BCUT2D eigenvalue weighted by Gasteiger charge is 2.32. The molecule has 1 atom stereocenters. The number of benzene rings is 2. The second kappa shape index (κ2) is 9.64. The first kappa shape index (κ1) is 21.6. The molecule has 1 N–H and O–H groups in total. The van der Waals surface area contributed by atoms with Gasteiger partial charge in [0.25, 0.3) is 0 Å². The molecule has 1 heterocycles. The molecule has 6 heteroatoms. The third kappa shape index (κ3) is 5.34. The van der Waals surface area contributed by atoms with Crippen molar-refractivity contribution in [1.82, 2.24) is 14.7 Å². The Morgan fingerprint density at radius 1 is 1.13 bits per heavy atom. The number of ether oxygens (including phenoxy) is 2. The summed E-state index contributed by atoms with van der Waals surface area (Å²) in [4.78, 5) is 2.33. The van der Waals surface area contributed by atoms with Crippen LogP contribution in [-0.2, 0) is 11.3 Å². The number of hydrogen-bond donors (Lipinski definition) is 1. The zero-order valence-corrected chi connectivity index (χ0v) is 18.5. The molecule has 0 aliphatic heterocycles. The maximum Gasteiger partial charge on any atom is 0.227 e. The normalized spacial score (nSPS) is 14.7. The van der Waals surface area contributed by atoms with Gasteiger partial charge in [0.1, 0.15) is 5.75 Å². The van der Waals surface area contributed by atoms with E-state index in [-0.39, 0.29) is 0 Å². The Bertz CT molecular complexity index is 999. The van der Waals surface area contributed by atoms with E-state index in [9.17, 15) is 5.11 Å². The average molecular weight is 422 g/mol. The molecule has 4 rings (SSSR count). The van der Waals surface area contributed by atoms with Crippen LogP contribution in [0.5, 0.6) is 11.6 Å². The third-order valence-electron chi connectivity index (χ3n) is 5.57. The summed E-state index contributed by atoms with van der Waals surface area (Å²) in [7, 11) is 1.62. The zero-order chi connectivity index (χ0) is 21.8. The van der Waals surface area contributed by atoms with E-state index in [2.05, 4.69) is 17.9 Å². The Balaban J connectivity index is 1.69. The van der Waals surface area contributed by atoms with Crippen LogP contribution in [0.15, 0.2) is 54.6 Å². The van der Waals surface area contributed by atoms with Gasteiger partial charge in [-0.05, 0) is 56.5 Å². The van der Waals surface area contributed by atoms with Crippen LogP contribution >= 0.6 is 0 Å². The molecule has 1 saturated carbocycles. The monoisotopic (exact) mass is 421 g/mol. The summed E-state index contributed by atoms with van der Waals surface area (Å²) in [6, 6.07) is 18.6. The van der Waals surface area contributed by atoms with E-state index in [1.54, 1.807) is 7.11 Å². The topological polar surface area (TPSA) is 59.8 Å². The zero-order valence-electron chi connectivity index (χ0n) is 18.5. The second-order valence-corrected chi connectivity index (χ2v) is 8.30. The van der Waals surface area contributed by atoms with E-state index >= 15 is 0 Å². The van der Waals surface area contributed by atoms with E-state index in [4.69, 9.17) is 14.6 Å². The highest BCUT2D eigenvalue weighted by molar-refractivity contribution is 5.43.